The van der Waals surface area contributed by atoms with Crippen LogP contribution in [-0.2, 0) is 57.3 Å². The molecule has 332 valence electrons. The van der Waals surface area contributed by atoms with Gasteiger partial charge in [-0.3, -0.25) is 24.0 Å². The van der Waals surface area contributed by atoms with Crippen molar-refractivity contribution in [2.45, 2.75) is 187 Å². The number of carbonyl (C=O) groups excluding carboxylic acids is 8. The van der Waals surface area contributed by atoms with Crippen molar-refractivity contribution in [1.29, 1.82) is 0 Å². The minimum atomic E-state index is -1.30. The minimum absolute atomic E-state index is 0.136. The first-order chi connectivity index (χ1) is 27.4. The Morgan fingerprint density at radius 1 is 0.414 bits per heavy atom. The van der Waals surface area contributed by atoms with Crippen LogP contribution in [0.4, 0.5) is 0 Å². The van der Waals surface area contributed by atoms with Gasteiger partial charge in [-0.2, -0.15) is 0 Å². The van der Waals surface area contributed by atoms with E-state index in [0.717, 1.165) is 58.1 Å². The largest absolute Gasteiger partial charge is 0.451 e. The Morgan fingerprint density at radius 2 is 0.690 bits per heavy atom. The maximum absolute atomic E-state index is 13.9. The lowest BCUT2D eigenvalue weighted by atomic mass is 10.1. The number of rotatable bonds is 15. The van der Waals surface area contributed by atoms with Gasteiger partial charge in [0.05, 0.1) is 0 Å². The fourth-order valence-corrected chi connectivity index (χ4v) is 6.22. The molecule has 1 aliphatic rings. The lowest BCUT2D eigenvalue weighted by Crippen LogP contribution is -2.52. The highest BCUT2D eigenvalue weighted by atomic mass is 16.6. The van der Waals surface area contributed by atoms with Gasteiger partial charge in [0.25, 0.3) is 23.6 Å². The molecule has 0 aromatic rings. The smallest absolute Gasteiger partial charge is 0.329 e. The number of ether oxygens (including phenoxy) is 4. The Hall–Kier alpha value is -4.24. The standard InChI is InChI=1S/C42H72N4O12/c1-12-16-20-24-31-36(48)43(8)27-35(47)55-32(25-21-17-13-2)37(49)44(9)29(6)41(53)57-33(23-19-15-4)38(50)45(10)30(7)42(54)58-34(26-22-18-14-3)39(51)46(11)28(5)40(52)56-31/h28-34H,12-27H2,1-11H3/t28-,29-,30-,31+,32+,33+,34+/m1/s1. The van der Waals surface area contributed by atoms with Crippen molar-refractivity contribution in [2.75, 3.05) is 34.7 Å². The first kappa shape index (κ1) is 51.8. The lowest BCUT2D eigenvalue weighted by molar-refractivity contribution is -0.175. The van der Waals surface area contributed by atoms with Gasteiger partial charge in [-0.25, -0.2) is 14.4 Å². The van der Waals surface area contributed by atoms with Gasteiger partial charge in [0.1, 0.15) is 24.7 Å². The third-order valence-corrected chi connectivity index (χ3v) is 10.7. The van der Waals surface area contributed by atoms with E-state index in [9.17, 15) is 38.4 Å². The second-order valence-electron chi connectivity index (χ2n) is 15.5. The summed E-state index contributed by atoms with van der Waals surface area (Å²) in [6.45, 7) is 11.6. The zero-order valence-corrected chi connectivity index (χ0v) is 37.0. The van der Waals surface area contributed by atoms with E-state index in [2.05, 4.69) is 0 Å². The molecular formula is C42H72N4O12. The second kappa shape index (κ2) is 26.7. The zero-order chi connectivity index (χ0) is 44.1. The van der Waals surface area contributed by atoms with Crippen molar-refractivity contribution < 1.29 is 57.3 Å². The molecule has 0 bridgehead atoms. The molecule has 16 heteroatoms. The predicted molar refractivity (Wildman–Crippen MR) is 216 cm³/mol. The van der Waals surface area contributed by atoms with Crippen LogP contribution in [0.25, 0.3) is 0 Å². The van der Waals surface area contributed by atoms with Crippen LogP contribution in [0, 0.1) is 0 Å². The van der Waals surface area contributed by atoms with Crippen molar-refractivity contribution in [1.82, 2.24) is 19.6 Å². The van der Waals surface area contributed by atoms with Gasteiger partial charge in [-0.1, -0.05) is 72.6 Å². The molecule has 1 saturated heterocycles. The van der Waals surface area contributed by atoms with Gasteiger partial charge >= 0.3 is 23.9 Å². The first-order valence-electron chi connectivity index (χ1n) is 21.2. The summed E-state index contributed by atoms with van der Waals surface area (Å²) in [4.78, 5) is 114. The van der Waals surface area contributed by atoms with Gasteiger partial charge in [0, 0.05) is 28.2 Å². The van der Waals surface area contributed by atoms with Crippen molar-refractivity contribution in [3.8, 4) is 0 Å². The molecule has 0 saturated carbocycles. The number of unbranched alkanes of at least 4 members (excludes halogenated alkanes) is 7. The highest BCUT2D eigenvalue weighted by Gasteiger charge is 2.39. The van der Waals surface area contributed by atoms with Crippen LogP contribution in [-0.4, -0.2) is 144 Å². The summed E-state index contributed by atoms with van der Waals surface area (Å²) in [5.74, 6) is -6.21. The van der Waals surface area contributed by atoms with Gasteiger partial charge in [-0.15, -0.1) is 0 Å². The number of cyclic esters (lactones) is 4. The molecule has 58 heavy (non-hydrogen) atoms. The number of nitrogens with zero attached hydrogens (tertiary/aromatic N) is 4. The van der Waals surface area contributed by atoms with E-state index in [-0.39, 0.29) is 25.7 Å². The molecule has 1 fully saturated rings. The molecule has 1 heterocycles. The Labute approximate surface area is 345 Å². The van der Waals surface area contributed by atoms with E-state index >= 15 is 0 Å². The molecule has 0 aromatic carbocycles. The number of likely N-dealkylation sites (N-methyl/N-ethyl adjacent to an activating group) is 4. The number of esters is 4. The quantitative estimate of drug-likeness (QED) is 0.127. The van der Waals surface area contributed by atoms with Crippen LogP contribution in [0.15, 0.2) is 0 Å². The van der Waals surface area contributed by atoms with Crippen molar-refractivity contribution >= 4 is 47.5 Å². The highest BCUT2D eigenvalue weighted by Crippen LogP contribution is 2.20. The molecule has 0 N–H and O–H groups in total. The SMILES string of the molecule is CCCCC[C@@H]1OC(=O)[C@@H](C)N(C)C(=O)[C@H](CCCCC)OC(=O)[C@@H](C)N(C)C(=O)[C@H](CCCC)OC(=O)[C@@H](C)N(C)C(=O)[C@H](CCCCC)OC(=O)CN(C)C1=O. The molecule has 0 aromatic heterocycles. The third-order valence-electron chi connectivity index (χ3n) is 10.7. The van der Waals surface area contributed by atoms with E-state index in [4.69, 9.17) is 18.9 Å². The van der Waals surface area contributed by atoms with E-state index in [1.54, 1.807) is 0 Å². The Bertz CT molecular complexity index is 1380. The van der Waals surface area contributed by atoms with Crippen LogP contribution >= 0.6 is 0 Å². The third kappa shape index (κ3) is 16.2. The van der Waals surface area contributed by atoms with Gasteiger partial charge in [-0.05, 0) is 72.1 Å². The van der Waals surface area contributed by atoms with E-state index < -0.39 is 96.6 Å². The topological polar surface area (TPSA) is 186 Å². The fourth-order valence-electron chi connectivity index (χ4n) is 6.22. The van der Waals surface area contributed by atoms with E-state index in [0.29, 0.717) is 32.1 Å². The van der Waals surface area contributed by atoms with Gasteiger partial charge < -0.3 is 38.5 Å². The van der Waals surface area contributed by atoms with Gasteiger partial charge in [0.15, 0.2) is 24.4 Å². The summed E-state index contributed by atoms with van der Waals surface area (Å²) in [5, 5.41) is 0. The van der Waals surface area contributed by atoms with Crippen molar-refractivity contribution in [3.63, 3.8) is 0 Å². The number of hydrogen-bond donors (Lipinski definition) is 0. The van der Waals surface area contributed by atoms with Crippen LogP contribution in [0.3, 0.4) is 0 Å². The Balaban J connectivity index is 3.73. The second-order valence-corrected chi connectivity index (χ2v) is 15.5. The molecule has 16 nitrogen and oxygen atoms in total. The maximum Gasteiger partial charge on any atom is 0.329 e. The molecule has 0 unspecified atom stereocenters. The minimum Gasteiger partial charge on any atom is -0.451 e. The number of carbonyl (C=O) groups is 8. The molecule has 0 aliphatic carbocycles. The number of hydrogen-bond acceptors (Lipinski definition) is 12. The van der Waals surface area contributed by atoms with Crippen molar-refractivity contribution in [3.05, 3.63) is 0 Å². The summed E-state index contributed by atoms with van der Waals surface area (Å²) >= 11 is 0. The molecular weight excluding hydrogens is 752 g/mol. The average molecular weight is 825 g/mol. The molecule has 1 rings (SSSR count). The Morgan fingerprint density at radius 3 is 1.00 bits per heavy atom. The molecule has 0 radical (unpaired) electrons. The van der Waals surface area contributed by atoms with E-state index in [1.165, 1.54) is 49.0 Å². The maximum atomic E-state index is 13.9. The molecule has 1 aliphatic heterocycles. The van der Waals surface area contributed by atoms with Crippen LogP contribution in [0.5, 0.6) is 0 Å². The van der Waals surface area contributed by atoms with Crippen LogP contribution in [0.2, 0.25) is 0 Å². The van der Waals surface area contributed by atoms with Gasteiger partial charge in [0.2, 0.25) is 0 Å². The van der Waals surface area contributed by atoms with Crippen LogP contribution < -0.4 is 0 Å². The van der Waals surface area contributed by atoms with E-state index in [1.807, 2.05) is 27.7 Å². The molecule has 7 atom stereocenters. The summed E-state index contributed by atoms with van der Waals surface area (Å²) in [6.07, 6.45) is 2.86. The Kier molecular flexibility index (Phi) is 23.8. The predicted octanol–water partition coefficient (Wildman–Crippen LogP) is 4.58. The fraction of sp³-hybridized carbons (Fsp3) is 0.810. The lowest BCUT2D eigenvalue weighted by Gasteiger charge is -2.32. The average Bonchev–Trinajstić information content (AvgIpc) is 3.20. The summed E-state index contributed by atoms with van der Waals surface area (Å²) in [6, 6.07) is -3.61. The summed E-state index contributed by atoms with van der Waals surface area (Å²) < 4.78 is 22.9. The molecule has 0 spiro atoms. The van der Waals surface area contributed by atoms with Crippen molar-refractivity contribution in [2.24, 2.45) is 0 Å². The molecule has 4 amide bonds. The highest BCUT2D eigenvalue weighted by molar-refractivity contribution is 5.93. The normalized spacial score (nSPS) is 25.9. The summed E-state index contributed by atoms with van der Waals surface area (Å²) in [7, 11) is 5.47. The zero-order valence-electron chi connectivity index (χ0n) is 37.0. The first-order valence-corrected chi connectivity index (χ1v) is 21.2. The monoisotopic (exact) mass is 825 g/mol. The number of amides is 4. The summed E-state index contributed by atoms with van der Waals surface area (Å²) in [5.41, 5.74) is 0. The van der Waals surface area contributed by atoms with Crippen LogP contribution in [0.1, 0.15) is 145 Å².